The normalized spacial score (nSPS) is 24.8. The van der Waals surface area contributed by atoms with E-state index in [1.54, 1.807) is 0 Å². The molecule has 1 fully saturated rings. The fourth-order valence-electron chi connectivity index (χ4n) is 2.05. The molecule has 2 unspecified atom stereocenters. The zero-order valence-electron chi connectivity index (χ0n) is 10.6. The Labute approximate surface area is 108 Å². The first kappa shape index (κ1) is 15.4. The lowest BCUT2D eigenvalue weighted by Gasteiger charge is -2.27. The number of hydrogen-bond acceptors (Lipinski definition) is 5. The molecule has 0 aromatic rings. The molecule has 0 bridgehead atoms. The zero-order valence-corrected chi connectivity index (χ0v) is 11.4. The molecule has 0 amide bonds. The summed E-state index contributed by atoms with van der Waals surface area (Å²) in [5.74, 6) is -0.840. The van der Waals surface area contributed by atoms with Crippen molar-refractivity contribution in [1.29, 1.82) is 0 Å². The van der Waals surface area contributed by atoms with Crippen LogP contribution < -0.4 is 4.72 Å². The molecule has 0 aliphatic heterocycles. The number of hydrogen-bond donors (Lipinski definition) is 2. The third-order valence-electron chi connectivity index (χ3n) is 3.24. The number of aliphatic hydroxyl groups is 1. The molecule has 0 aromatic heterocycles. The van der Waals surface area contributed by atoms with Crippen LogP contribution in [-0.2, 0) is 19.6 Å². The fourth-order valence-corrected chi connectivity index (χ4v) is 3.10. The largest absolute Gasteiger partial charge is 0.469 e. The van der Waals surface area contributed by atoms with Gasteiger partial charge in [-0.15, -0.1) is 0 Å². The Morgan fingerprint density at radius 2 is 2.06 bits per heavy atom. The predicted octanol–water partition coefficient (Wildman–Crippen LogP) is 0.0200. The van der Waals surface area contributed by atoms with Crippen molar-refractivity contribution in [3.8, 4) is 0 Å². The minimum Gasteiger partial charge on any atom is -0.469 e. The summed E-state index contributed by atoms with van der Waals surface area (Å²) < 4.78 is 30.0. The first-order valence-electron chi connectivity index (χ1n) is 6.17. The van der Waals surface area contributed by atoms with Crippen molar-refractivity contribution in [3.05, 3.63) is 0 Å². The van der Waals surface area contributed by atoms with Crippen LogP contribution in [0.5, 0.6) is 0 Å². The van der Waals surface area contributed by atoms with E-state index in [0.717, 1.165) is 25.7 Å². The number of ether oxygens (including phenoxy) is 1. The lowest BCUT2D eigenvalue weighted by molar-refractivity contribution is -0.140. The number of sulfonamides is 1. The molecule has 6 nitrogen and oxygen atoms in total. The number of methoxy groups -OCH3 is 1. The van der Waals surface area contributed by atoms with E-state index in [-0.39, 0.29) is 24.6 Å². The summed E-state index contributed by atoms with van der Waals surface area (Å²) in [7, 11) is -2.25. The lowest BCUT2D eigenvalue weighted by atomic mass is 9.87. The summed E-state index contributed by atoms with van der Waals surface area (Å²) in [6.45, 7) is 0.241. The first-order chi connectivity index (χ1) is 8.44. The Morgan fingerprint density at radius 1 is 1.39 bits per heavy atom. The van der Waals surface area contributed by atoms with Gasteiger partial charge >= 0.3 is 5.97 Å². The van der Waals surface area contributed by atoms with E-state index in [0.29, 0.717) is 0 Å². The summed E-state index contributed by atoms with van der Waals surface area (Å²) in [5, 5.41) is 9.71. The second-order valence-electron chi connectivity index (χ2n) is 4.61. The SMILES string of the molecule is COC(=O)CCS(=O)(=O)NCC1CCCCC1O. The van der Waals surface area contributed by atoms with Crippen LogP contribution >= 0.6 is 0 Å². The average molecular weight is 279 g/mol. The monoisotopic (exact) mass is 279 g/mol. The first-order valence-corrected chi connectivity index (χ1v) is 7.82. The maximum atomic E-state index is 11.6. The average Bonchev–Trinajstić information content (AvgIpc) is 2.35. The highest BCUT2D eigenvalue weighted by Gasteiger charge is 2.24. The molecule has 1 saturated carbocycles. The molecular formula is C11H21NO5S. The van der Waals surface area contributed by atoms with E-state index in [2.05, 4.69) is 9.46 Å². The van der Waals surface area contributed by atoms with Gasteiger partial charge in [0.05, 0.1) is 25.4 Å². The highest BCUT2D eigenvalue weighted by atomic mass is 32.2. The number of carbonyl (C=O) groups is 1. The molecule has 1 aliphatic rings. The summed E-state index contributed by atoms with van der Waals surface area (Å²) in [6, 6.07) is 0. The molecule has 18 heavy (non-hydrogen) atoms. The molecule has 0 aromatic carbocycles. The van der Waals surface area contributed by atoms with Crippen molar-refractivity contribution >= 4 is 16.0 Å². The Hall–Kier alpha value is -0.660. The number of carbonyl (C=O) groups excluding carboxylic acids is 1. The smallest absolute Gasteiger partial charge is 0.306 e. The number of nitrogens with one attached hydrogen (secondary N) is 1. The van der Waals surface area contributed by atoms with Crippen molar-refractivity contribution in [2.24, 2.45) is 5.92 Å². The molecule has 2 atom stereocenters. The van der Waals surface area contributed by atoms with Crippen molar-refractivity contribution in [1.82, 2.24) is 4.72 Å². The van der Waals surface area contributed by atoms with E-state index < -0.39 is 22.1 Å². The van der Waals surface area contributed by atoms with E-state index in [1.165, 1.54) is 7.11 Å². The molecule has 0 heterocycles. The quantitative estimate of drug-likeness (QED) is 0.669. The highest BCUT2D eigenvalue weighted by molar-refractivity contribution is 7.89. The molecule has 2 N–H and O–H groups in total. The van der Waals surface area contributed by atoms with Gasteiger partial charge in [0.1, 0.15) is 0 Å². The van der Waals surface area contributed by atoms with Crippen LogP contribution in [0, 0.1) is 5.92 Å². The Balaban J connectivity index is 2.34. The predicted molar refractivity (Wildman–Crippen MR) is 66.4 cm³/mol. The van der Waals surface area contributed by atoms with Gasteiger partial charge in [-0.1, -0.05) is 12.8 Å². The molecule has 106 valence electrons. The van der Waals surface area contributed by atoms with Crippen LogP contribution in [0.2, 0.25) is 0 Å². The third kappa shape index (κ3) is 5.32. The molecule has 0 radical (unpaired) electrons. The topological polar surface area (TPSA) is 92.7 Å². The van der Waals surface area contributed by atoms with Gasteiger partial charge in [0.25, 0.3) is 0 Å². The fraction of sp³-hybridized carbons (Fsp3) is 0.909. The maximum Gasteiger partial charge on any atom is 0.306 e. The van der Waals surface area contributed by atoms with Gasteiger partial charge in [0, 0.05) is 6.54 Å². The van der Waals surface area contributed by atoms with E-state index in [9.17, 15) is 18.3 Å². The molecule has 0 saturated heterocycles. The summed E-state index contributed by atoms with van der Waals surface area (Å²) in [5.41, 5.74) is 0. The third-order valence-corrected chi connectivity index (χ3v) is 4.59. The van der Waals surface area contributed by atoms with Crippen LogP contribution in [0.1, 0.15) is 32.1 Å². The minimum absolute atomic E-state index is 0.0216. The Kier molecular flexibility index (Phi) is 6.04. The molecule has 1 rings (SSSR count). The maximum absolute atomic E-state index is 11.6. The van der Waals surface area contributed by atoms with Gasteiger partial charge in [0.15, 0.2) is 0 Å². The summed E-state index contributed by atoms with van der Waals surface area (Å²) in [6.07, 6.45) is 2.99. The van der Waals surface area contributed by atoms with Crippen molar-refractivity contribution in [2.75, 3.05) is 19.4 Å². The van der Waals surface area contributed by atoms with Gasteiger partial charge in [-0.3, -0.25) is 4.79 Å². The highest BCUT2D eigenvalue weighted by Crippen LogP contribution is 2.23. The van der Waals surface area contributed by atoms with Crippen molar-refractivity contribution in [2.45, 2.75) is 38.2 Å². The lowest BCUT2D eigenvalue weighted by Crippen LogP contribution is -2.37. The number of aliphatic hydroxyl groups excluding tert-OH is 1. The molecule has 7 heteroatoms. The van der Waals surface area contributed by atoms with Gasteiger partial charge in [-0.2, -0.15) is 0 Å². The Morgan fingerprint density at radius 3 is 2.67 bits per heavy atom. The second-order valence-corrected chi connectivity index (χ2v) is 6.53. The van der Waals surface area contributed by atoms with Crippen LogP contribution in [0.15, 0.2) is 0 Å². The van der Waals surface area contributed by atoms with Crippen LogP contribution in [-0.4, -0.2) is 45.0 Å². The van der Waals surface area contributed by atoms with Crippen LogP contribution in [0.25, 0.3) is 0 Å². The minimum atomic E-state index is -3.47. The standard InChI is InChI=1S/C11H21NO5S/c1-17-11(14)6-7-18(15,16)12-8-9-4-2-3-5-10(9)13/h9-10,12-13H,2-8H2,1H3. The summed E-state index contributed by atoms with van der Waals surface area (Å²) in [4.78, 5) is 10.9. The van der Waals surface area contributed by atoms with Gasteiger partial charge < -0.3 is 9.84 Å². The van der Waals surface area contributed by atoms with E-state index in [1.807, 2.05) is 0 Å². The zero-order chi connectivity index (χ0) is 13.6. The number of rotatable bonds is 6. The molecule has 1 aliphatic carbocycles. The van der Waals surface area contributed by atoms with Crippen LogP contribution in [0.4, 0.5) is 0 Å². The van der Waals surface area contributed by atoms with E-state index in [4.69, 9.17) is 0 Å². The van der Waals surface area contributed by atoms with Crippen molar-refractivity contribution in [3.63, 3.8) is 0 Å². The second kappa shape index (κ2) is 7.06. The summed E-state index contributed by atoms with van der Waals surface area (Å²) >= 11 is 0. The van der Waals surface area contributed by atoms with E-state index >= 15 is 0 Å². The number of esters is 1. The van der Waals surface area contributed by atoms with Crippen molar-refractivity contribution < 1.29 is 23.1 Å². The van der Waals surface area contributed by atoms with Gasteiger partial charge in [-0.25, -0.2) is 13.1 Å². The molecular weight excluding hydrogens is 258 g/mol. The van der Waals surface area contributed by atoms with Crippen LogP contribution in [0.3, 0.4) is 0 Å². The van der Waals surface area contributed by atoms with Gasteiger partial charge in [0.2, 0.25) is 10.0 Å². The Bertz CT molecular complexity index is 368. The molecule has 0 spiro atoms. The van der Waals surface area contributed by atoms with Gasteiger partial charge in [-0.05, 0) is 18.8 Å².